The fourth-order valence-corrected chi connectivity index (χ4v) is 16.0. The minimum atomic E-state index is -0.609. The Hall–Kier alpha value is -10.7. The second-order valence-electron chi connectivity index (χ2n) is 22.8. The summed E-state index contributed by atoms with van der Waals surface area (Å²) in [5.74, 6) is 3.52. The normalized spacial score (nSPS) is 14.7. The molecule has 0 radical (unpaired) electrons. The average Bonchev–Trinajstić information content (AvgIpc) is 1.56. The minimum Gasteiger partial charge on any atom is -0.457 e. The molecular weight excluding hydrogens is 1020 g/mol. The van der Waals surface area contributed by atoms with Gasteiger partial charge in [0.25, 0.3) is 0 Å². The van der Waals surface area contributed by atoms with Crippen molar-refractivity contribution in [2.75, 3.05) is 4.90 Å². The lowest BCUT2D eigenvalue weighted by molar-refractivity contribution is 0.436. The third-order valence-corrected chi connectivity index (χ3v) is 19.1. The number of anilines is 3. The molecule has 2 spiro atoms. The van der Waals surface area contributed by atoms with Gasteiger partial charge in [-0.1, -0.05) is 255 Å². The molecule has 3 aliphatic carbocycles. The highest BCUT2D eigenvalue weighted by molar-refractivity contribution is 6.02. The Morgan fingerprint density at radius 2 is 0.548 bits per heavy atom. The number of hydrogen-bond donors (Lipinski definition) is 0. The van der Waals surface area contributed by atoms with Crippen molar-refractivity contribution in [2.45, 2.75) is 16.2 Å². The Morgan fingerprint density at radius 1 is 0.214 bits per heavy atom. The maximum Gasteiger partial charge on any atom is 0.132 e. The quantitative estimate of drug-likeness (QED) is 0.166. The highest BCUT2D eigenvalue weighted by atomic mass is 16.5. The van der Waals surface area contributed by atoms with E-state index in [4.69, 9.17) is 9.47 Å². The standard InChI is InChI=1S/C81H51NO2/c1-3-24-52(25-4-1)79(53-26-5-2-6-27-53)65-35-13-9-31-60(65)78-59(32-23-40-72(78)79)58-30-10-18-41-73(58)82(54-46-48-66-61(50-54)56-28-7-11-33-63(56)80(66)68-36-14-19-42-74(68)83-75-43-20-15-37-69(75)80)55-47-49-67-62(51-55)57-29-8-12-34-64(57)81(67)70-38-16-21-44-76(70)84-77-45-22-17-39-71(77)81/h1-51H. The summed E-state index contributed by atoms with van der Waals surface area (Å²) in [6.07, 6.45) is 0. The first-order valence-electron chi connectivity index (χ1n) is 29.1. The molecule has 0 aromatic heterocycles. The molecule has 0 bridgehead atoms. The van der Waals surface area contributed by atoms with Gasteiger partial charge in [-0.15, -0.1) is 0 Å². The molecule has 3 heteroatoms. The summed E-state index contributed by atoms with van der Waals surface area (Å²) in [5.41, 5.74) is 25.6. The van der Waals surface area contributed by atoms with Crippen LogP contribution in [0.25, 0.3) is 44.5 Å². The van der Waals surface area contributed by atoms with Gasteiger partial charge in [0.05, 0.1) is 21.9 Å². The maximum atomic E-state index is 6.77. The van der Waals surface area contributed by atoms with Crippen LogP contribution in [-0.4, -0.2) is 0 Å². The Kier molecular flexibility index (Phi) is 9.86. The number of ether oxygens (including phenoxy) is 2. The smallest absolute Gasteiger partial charge is 0.132 e. The molecule has 13 aromatic carbocycles. The highest BCUT2D eigenvalue weighted by Gasteiger charge is 2.53. The van der Waals surface area contributed by atoms with Gasteiger partial charge < -0.3 is 14.4 Å². The van der Waals surface area contributed by atoms with Crippen LogP contribution in [0.15, 0.2) is 309 Å². The van der Waals surface area contributed by atoms with Crippen molar-refractivity contribution in [2.24, 2.45) is 0 Å². The molecule has 0 atom stereocenters. The largest absolute Gasteiger partial charge is 0.457 e. The van der Waals surface area contributed by atoms with Gasteiger partial charge in [0.2, 0.25) is 0 Å². The molecule has 0 unspecified atom stereocenters. The first kappa shape index (κ1) is 47.0. The highest BCUT2D eigenvalue weighted by Crippen LogP contribution is 2.66. The average molecular weight is 1070 g/mol. The Bertz CT molecular complexity index is 4560. The van der Waals surface area contributed by atoms with E-state index in [1.807, 2.05) is 0 Å². The molecule has 13 aromatic rings. The van der Waals surface area contributed by atoms with E-state index in [-0.39, 0.29) is 0 Å². The lowest BCUT2D eigenvalue weighted by atomic mass is 9.66. The Balaban J connectivity index is 0.913. The number of nitrogens with zero attached hydrogens (tertiary/aromatic N) is 1. The number of hydrogen-bond acceptors (Lipinski definition) is 3. The van der Waals surface area contributed by atoms with Gasteiger partial charge in [-0.05, 0) is 138 Å². The summed E-state index contributed by atoms with van der Waals surface area (Å²) in [4.78, 5) is 2.54. The monoisotopic (exact) mass is 1070 g/mol. The molecule has 0 N–H and O–H groups in total. The molecule has 2 aliphatic heterocycles. The lowest BCUT2D eigenvalue weighted by Crippen LogP contribution is -2.32. The third kappa shape index (κ3) is 6.04. The van der Waals surface area contributed by atoms with Crippen LogP contribution >= 0.6 is 0 Å². The van der Waals surface area contributed by atoms with Gasteiger partial charge in [0.1, 0.15) is 23.0 Å². The summed E-state index contributed by atoms with van der Waals surface area (Å²) in [7, 11) is 0. The maximum absolute atomic E-state index is 6.77. The predicted molar refractivity (Wildman–Crippen MR) is 339 cm³/mol. The van der Waals surface area contributed by atoms with Crippen LogP contribution in [-0.2, 0) is 16.2 Å². The van der Waals surface area contributed by atoms with Crippen molar-refractivity contribution in [1.82, 2.24) is 0 Å². The number of rotatable bonds is 6. The van der Waals surface area contributed by atoms with E-state index in [1.165, 1.54) is 83.5 Å². The summed E-state index contributed by atoms with van der Waals surface area (Å²) in [6, 6.07) is 115. The molecule has 0 amide bonds. The topological polar surface area (TPSA) is 21.7 Å². The summed E-state index contributed by atoms with van der Waals surface area (Å²) in [6.45, 7) is 0. The van der Waals surface area contributed by atoms with Crippen LogP contribution in [0.2, 0.25) is 0 Å². The Labute approximate surface area is 488 Å². The Morgan fingerprint density at radius 3 is 1.01 bits per heavy atom. The zero-order valence-corrected chi connectivity index (χ0v) is 45.7. The number of para-hydroxylation sites is 5. The van der Waals surface area contributed by atoms with Crippen LogP contribution in [0.5, 0.6) is 23.0 Å². The predicted octanol–water partition coefficient (Wildman–Crippen LogP) is 20.1. The van der Waals surface area contributed by atoms with Gasteiger partial charge in [-0.2, -0.15) is 0 Å². The third-order valence-electron chi connectivity index (χ3n) is 19.1. The van der Waals surface area contributed by atoms with Crippen LogP contribution in [0.1, 0.15) is 66.8 Å². The first-order valence-corrected chi connectivity index (χ1v) is 29.1. The zero-order valence-electron chi connectivity index (χ0n) is 45.7. The van der Waals surface area contributed by atoms with E-state index in [0.717, 1.165) is 67.9 Å². The molecular formula is C81H51NO2. The molecule has 3 nitrogen and oxygen atoms in total. The van der Waals surface area contributed by atoms with Crippen molar-refractivity contribution in [1.29, 1.82) is 0 Å². The molecule has 0 saturated carbocycles. The number of benzene rings is 13. The van der Waals surface area contributed by atoms with Crippen LogP contribution in [0, 0.1) is 0 Å². The van der Waals surface area contributed by atoms with Crippen molar-refractivity contribution in [3.05, 3.63) is 376 Å². The van der Waals surface area contributed by atoms with Gasteiger partial charge in [-0.3, -0.25) is 0 Å². The van der Waals surface area contributed by atoms with E-state index < -0.39 is 16.2 Å². The molecule has 392 valence electrons. The molecule has 0 fully saturated rings. The molecule has 2 heterocycles. The van der Waals surface area contributed by atoms with Gasteiger partial charge in [0.15, 0.2) is 0 Å². The van der Waals surface area contributed by atoms with Crippen molar-refractivity contribution in [3.63, 3.8) is 0 Å². The second kappa shape index (κ2) is 17.6. The van der Waals surface area contributed by atoms with Gasteiger partial charge in [-0.25, -0.2) is 0 Å². The van der Waals surface area contributed by atoms with Crippen LogP contribution < -0.4 is 14.4 Å². The molecule has 18 rings (SSSR count). The van der Waals surface area contributed by atoms with Crippen LogP contribution in [0.4, 0.5) is 17.1 Å². The van der Waals surface area contributed by atoms with E-state index in [9.17, 15) is 0 Å². The summed E-state index contributed by atoms with van der Waals surface area (Å²) in [5, 5.41) is 0. The lowest BCUT2D eigenvalue weighted by Gasteiger charge is -2.39. The summed E-state index contributed by atoms with van der Waals surface area (Å²) < 4.78 is 13.5. The van der Waals surface area contributed by atoms with Gasteiger partial charge in [0, 0.05) is 39.2 Å². The van der Waals surface area contributed by atoms with E-state index in [1.54, 1.807) is 0 Å². The van der Waals surface area contributed by atoms with E-state index in [2.05, 4.69) is 314 Å². The zero-order chi connectivity index (χ0) is 55.1. The SMILES string of the molecule is c1ccc(C2(c3ccccc3)c3ccccc3-c3c(-c4ccccc4N(c4ccc5c(c4)-c4ccccc4C54c5ccccc5Oc5ccccc54)c4ccc5c(c4)-c4ccccc4C54c5ccccc5Oc5ccccc54)cccc32)cc1. The van der Waals surface area contributed by atoms with E-state index >= 15 is 0 Å². The fourth-order valence-electron chi connectivity index (χ4n) is 16.0. The minimum absolute atomic E-state index is 0.561. The molecule has 84 heavy (non-hydrogen) atoms. The first-order chi connectivity index (χ1) is 41.7. The fraction of sp³-hybridized carbons (Fsp3) is 0.0370. The van der Waals surface area contributed by atoms with Crippen molar-refractivity contribution in [3.8, 4) is 67.5 Å². The number of fused-ring (bicyclic) bond motifs is 21. The molecule has 5 aliphatic rings. The summed E-state index contributed by atoms with van der Waals surface area (Å²) >= 11 is 0. The van der Waals surface area contributed by atoms with Gasteiger partial charge >= 0.3 is 0 Å². The molecule has 0 saturated heterocycles. The van der Waals surface area contributed by atoms with Crippen molar-refractivity contribution < 1.29 is 9.47 Å². The van der Waals surface area contributed by atoms with E-state index in [0.29, 0.717) is 0 Å². The van der Waals surface area contributed by atoms with Crippen LogP contribution in [0.3, 0.4) is 0 Å². The van der Waals surface area contributed by atoms with Crippen molar-refractivity contribution >= 4 is 17.1 Å². The second-order valence-corrected chi connectivity index (χ2v) is 22.8.